The number of anilines is 1. The van der Waals surface area contributed by atoms with E-state index < -0.39 is 17.6 Å². The molecule has 0 atom stereocenters. The number of aromatic nitrogens is 1. The lowest BCUT2D eigenvalue weighted by Gasteiger charge is -2.21. The van der Waals surface area contributed by atoms with Crippen molar-refractivity contribution in [3.05, 3.63) is 23.6 Å². The minimum atomic E-state index is -1.39. The third-order valence-electron chi connectivity index (χ3n) is 2.26. The van der Waals surface area contributed by atoms with Gasteiger partial charge in [0.25, 0.3) is 5.95 Å². The molecule has 0 saturated heterocycles. The second kappa shape index (κ2) is 6.23. The van der Waals surface area contributed by atoms with Gasteiger partial charge in [0.2, 0.25) is 5.91 Å². The molecular weight excluding hydrogens is 247 g/mol. The number of carbonyl (C=O) groups excluding carboxylic acids is 1. The maximum atomic E-state index is 13.5. The number of pyridine rings is 1. The SMILES string of the molecule is CCNC(=O)CN(CC)c1nc(F)c(F)cc1F. The first-order chi connectivity index (χ1) is 8.49. The molecule has 100 valence electrons. The van der Waals surface area contributed by atoms with Gasteiger partial charge in [-0.15, -0.1) is 0 Å². The van der Waals surface area contributed by atoms with Crippen molar-refractivity contribution >= 4 is 11.7 Å². The van der Waals surface area contributed by atoms with E-state index in [-0.39, 0.29) is 24.8 Å². The van der Waals surface area contributed by atoms with Gasteiger partial charge in [-0.1, -0.05) is 0 Å². The van der Waals surface area contributed by atoms with E-state index in [2.05, 4.69) is 10.3 Å². The van der Waals surface area contributed by atoms with E-state index in [4.69, 9.17) is 0 Å². The number of hydrogen-bond donors (Lipinski definition) is 1. The molecule has 0 spiro atoms. The zero-order valence-electron chi connectivity index (χ0n) is 10.1. The van der Waals surface area contributed by atoms with Gasteiger partial charge in [0, 0.05) is 19.2 Å². The molecular formula is C11H14F3N3O. The Morgan fingerprint density at radius 1 is 1.33 bits per heavy atom. The van der Waals surface area contributed by atoms with Gasteiger partial charge in [-0.25, -0.2) is 8.78 Å². The second-order valence-electron chi connectivity index (χ2n) is 3.53. The molecule has 4 nitrogen and oxygen atoms in total. The van der Waals surface area contributed by atoms with Crippen LogP contribution >= 0.6 is 0 Å². The normalized spacial score (nSPS) is 10.3. The molecule has 0 unspecified atom stereocenters. The highest BCUT2D eigenvalue weighted by Gasteiger charge is 2.18. The van der Waals surface area contributed by atoms with Crippen LogP contribution in [0.5, 0.6) is 0 Å². The summed E-state index contributed by atoms with van der Waals surface area (Å²) < 4.78 is 39.2. The lowest BCUT2D eigenvalue weighted by molar-refractivity contribution is -0.119. The molecule has 0 aliphatic rings. The summed E-state index contributed by atoms with van der Waals surface area (Å²) in [6.07, 6.45) is 0. The average Bonchev–Trinajstić information content (AvgIpc) is 2.31. The van der Waals surface area contributed by atoms with Crippen molar-refractivity contribution in [2.45, 2.75) is 13.8 Å². The van der Waals surface area contributed by atoms with Crippen molar-refractivity contribution in [3.8, 4) is 0 Å². The summed E-state index contributed by atoms with van der Waals surface area (Å²) in [7, 11) is 0. The maximum Gasteiger partial charge on any atom is 0.251 e. The van der Waals surface area contributed by atoms with E-state index >= 15 is 0 Å². The van der Waals surface area contributed by atoms with E-state index in [1.165, 1.54) is 4.90 Å². The number of likely N-dealkylation sites (N-methyl/N-ethyl adjacent to an activating group) is 2. The molecule has 1 rings (SSSR count). The van der Waals surface area contributed by atoms with Gasteiger partial charge in [0.15, 0.2) is 17.5 Å². The molecule has 0 fully saturated rings. The summed E-state index contributed by atoms with van der Waals surface area (Å²) in [5.41, 5.74) is 0. The predicted octanol–water partition coefficient (Wildman–Crippen LogP) is 1.46. The molecule has 0 aromatic carbocycles. The van der Waals surface area contributed by atoms with Crippen molar-refractivity contribution < 1.29 is 18.0 Å². The smallest absolute Gasteiger partial charge is 0.251 e. The van der Waals surface area contributed by atoms with Gasteiger partial charge in [-0.05, 0) is 13.8 Å². The van der Waals surface area contributed by atoms with Crippen LogP contribution in [0.4, 0.5) is 19.0 Å². The fourth-order valence-electron chi connectivity index (χ4n) is 1.42. The number of halogens is 3. The van der Waals surface area contributed by atoms with Gasteiger partial charge >= 0.3 is 0 Å². The van der Waals surface area contributed by atoms with Gasteiger partial charge < -0.3 is 10.2 Å². The van der Waals surface area contributed by atoms with E-state index in [9.17, 15) is 18.0 Å². The average molecular weight is 261 g/mol. The number of nitrogens with one attached hydrogen (secondary N) is 1. The largest absolute Gasteiger partial charge is 0.355 e. The summed E-state index contributed by atoms with van der Waals surface area (Å²) in [5.74, 6) is -4.46. The van der Waals surface area contributed by atoms with Crippen LogP contribution in [0.15, 0.2) is 6.07 Å². The van der Waals surface area contributed by atoms with Gasteiger partial charge in [-0.3, -0.25) is 4.79 Å². The standard InChI is InChI=1S/C11H14F3N3O/c1-3-15-9(18)6-17(4-2)11-8(13)5-7(12)10(14)16-11/h5H,3-4,6H2,1-2H3,(H,15,18). The van der Waals surface area contributed by atoms with E-state index in [1.807, 2.05) is 0 Å². The molecule has 0 aliphatic carbocycles. The highest BCUT2D eigenvalue weighted by molar-refractivity contribution is 5.80. The molecule has 1 heterocycles. The van der Waals surface area contributed by atoms with Crippen LogP contribution in [0, 0.1) is 17.6 Å². The monoisotopic (exact) mass is 261 g/mol. The van der Waals surface area contributed by atoms with Crippen LogP contribution in [0.1, 0.15) is 13.8 Å². The van der Waals surface area contributed by atoms with Gasteiger partial charge in [0.05, 0.1) is 6.54 Å². The molecule has 18 heavy (non-hydrogen) atoms. The highest BCUT2D eigenvalue weighted by atomic mass is 19.2. The lowest BCUT2D eigenvalue weighted by Crippen LogP contribution is -2.38. The van der Waals surface area contributed by atoms with Crippen LogP contribution in [-0.4, -0.2) is 30.5 Å². The first kappa shape index (κ1) is 14.3. The van der Waals surface area contributed by atoms with E-state index in [1.54, 1.807) is 13.8 Å². The molecule has 0 radical (unpaired) electrons. The second-order valence-corrected chi connectivity index (χ2v) is 3.53. The first-order valence-corrected chi connectivity index (χ1v) is 5.52. The summed E-state index contributed by atoms with van der Waals surface area (Å²) in [6.45, 7) is 3.90. The first-order valence-electron chi connectivity index (χ1n) is 5.52. The van der Waals surface area contributed by atoms with Gasteiger partial charge in [-0.2, -0.15) is 9.37 Å². The molecule has 1 aromatic heterocycles. The van der Waals surface area contributed by atoms with Crippen LogP contribution < -0.4 is 10.2 Å². The summed E-state index contributed by atoms with van der Waals surface area (Å²) in [4.78, 5) is 15.8. The Morgan fingerprint density at radius 3 is 2.56 bits per heavy atom. The quantitative estimate of drug-likeness (QED) is 0.816. The Bertz CT molecular complexity index is 440. The Balaban J connectivity index is 2.95. The lowest BCUT2D eigenvalue weighted by atomic mass is 10.3. The molecule has 0 aliphatic heterocycles. The minimum absolute atomic E-state index is 0.167. The fourth-order valence-corrected chi connectivity index (χ4v) is 1.42. The Morgan fingerprint density at radius 2 is 2.00 bits per heavy atom. The number of hydrogen-bond acceptors (Lipinski definition) is 3. The number of rotatable bonds is 5. The van der Waals surface area contributed by atoms with E-state index in [0.29, 0.717) is 12.6 Å². The third kappa shape index (κ3) is 3.35. The number of carbonyl (C=O) groups is 1. The Kier molecular flexibility index (Phi) is 4.94. The zero-order valence-corrected chi connectivity index (χ0v) is 10.1. The molecule has 1 N–H and O–H groups in total. The summed E-state index contributed by atoms with van der Waals surface area (Å²) >= 11 is 0. The van der Waals surface area contributed by atoms with Crippen molar-refractivity contribution in [1.29, 1.82) is 0 Å². The predicted molar refractivity (Wildman–Crippen MR) is 60.7 cm³/mol. The maximum absolute atomic E-state index is 13.5. The highest BCUT2D eigenvalue weighted by Crippen LogP contribution is 2.18. The van der Waals surface area contributed by atoms with E-state index in [0.717, 1.165) is 0 Å². The van der Waals surface area contributed by atoms with Crippen LogP contribution in [0.25, 0.3) is 0 Å². The summed E-state index contributed by atoms with van der Waals surface area (Å²) in [5, 5.41) is 2.53. The van der Waals surface area contributed by atoms with Crippen molar-refractivity contribution in [3.63, 3.8) is 0 Å². The Labute approximate surface area is 103 Å². The fraction of sp³-hybridized carbons (Fsp3) is 0.455. The van der Waals surface area contributed by atoms with Crippen molar-refractivity contribution in [1.82, 2.24) is 10.3 Å². The molecule has 7 heteroatoms. The van der Waals surface area contributed by atoms with Gasteiger partial charge in [0.1, 0.15) is 0 Å². The van der Waals surface area contributed by atoms with Crippen LogP contribution in [-0.2, 0) is 4.79 Å². The Hall–Kier alpha value is -1.79. The topological polar surface area (TPSA) is 45.2 Å². The van der Waals surface area contributed by atoms with Crippen molar-refractivity contribution in [2.24, 2.45) is 0 Å². The zero-order chi connectivity index (χ0) is 13.7. The van der Waals surface area contributed by atoms with Crippen LogP contribution in [0.3, 0.4) is 0 Å². The number of amides is 1. The molecule has 0 bridgehead atoms. The van der Waals surface area contributed by atoms with Crippen molar-refractivity contribution in [2.75, 3.05) is 24.5 Å². The summed E-state index contributed by atoms with van der Waals surface area (Å²) in [6, 6.07) is 0.415. The molecule has 0 saturated carbocycles. The molecule has 1 aromatic rings. The number of nitrogens with zero attached hydrogens (tertiary/aromatic N) is 2. The third-order valence-corrected chi connectivity index (χ3v) is 2.26. The molecule has 1 amide bonds. The van der Waals surface area contributed by atoms with Crippen LogP contribution in [0.2, 0.25) is 0 Å². The minimum Gasteiger partial charge on any atom is -0.355 e.